The summed E-state index contributed by atoms with van der Waals surface area (Å²) in [5.41, 5.74) is 6.17. The number of aromatic carboxylic acids is 1. The first-order chi connectivity index (χ1) is 5.66. The third kappa shape index (κ3) is 1.39. The van der Waals surface area contributed by atoms with Crippen molar-refractivity contribution in [2.75, 3.05) is 5.73 Å². The largest absolute Gasteiger partial charge is 0.477 e. The van der Waals surface area contributed by atoms with Gasteiger partial charge in [-0.05, 0) is 6.42 Å². The van der Waals surface area contributed by atoms with Gasteiger partial charge in [0.2, 0.25) is 0 Å². The highest BCUT2D eigenvalue weighted by molar-refractivity contribution is 5.88. The number of nitrogen functional groups attached to an aromatic ring is 1. The second kappa shape index (κ2) is 3.25. The monoisotopic (exact) mass is 169 g/mol. The van der Waals surface area contributed by atoms with Crippen molar-refractivity contribution in [2.45, 2.75) is 19.8 Å². The lowest BCUT2D eigenvalue weighted by molar-refractivity contribution is 0.0689. The van der Waals surface area contributed by atoms with Crippen molar-refractivity contribution in [3.63, 3.8) is 0 Å². The normalized spacial score (nSPS) is 10.1. The Kier molecular flexibility index (Phi) is 2.32. The summed E-state index contributed by atoms with van der Waals surface area (Å²) in [6.07, 6.45) is 1.49. The SMILES string of the molecule is CCCc1c(N)n[nH]c1C(=O)O. The van der Waals surface area contributed by atoms with Crippen LogP contribution in [0.3, 0.4) is 0 Å². The van der Waals surface area contributed by atoms with E-state index in [4.69, 9.17) is 10.8 Å². The van der Waals surface area contributed by atoms with Crippen LogP contribution < -0.4 is 5.73 Å². The summed E-state index contributed by atoms with van der Waals surface area (Å²) < 4.78 is 0. The van der Waals surface area contributed by atoms with E-state index in [1.807, 2.05) is 6.92 Å². The highest BCUT2D eigenvalue weighted by Crippen LogP contribution is 2.14. The number of carboxylic acids is 1. The fraction of sp³-hybridized carbons (Fsp3) is 0.429. The van der Waals surface area contributed by atoms with E-state index >= 15 is 0 Å². The van der Waals surface area contributed by atoms with E-state index in [-0.39, 0.29) is 11.5 Å². The van der Waals surface area contributed by atoms with Crippen molar-refractivity contribution in [3.05, 3.63) is 11.3 Å². The first-order valence-electron chi connectivity index (χ1n) is 3.72. The van der Waals surface area contributed by atoms with Gasteiger partial charge in [-0.2, -0.15) is 5.10 Å². The minimum Gasteiger partial charge on any atom is -0.477 e. The van der Waals surface area contributed by atoms with Crippen LogP contribution in [0.1, 0.15) is 29.4 Å². The van der Waals surface area contributed by atoms with Gasteiger partial charge in [0.05, 0.1) is 0 Å². The average Bonchev–Trinajstić information content (AvgIpc) is 2.34. The van der Waals surface area contributed by atoms with Crippen LogP contribution in [0.2, 0.25) is 0 Å². The molecule has 0 aromatic carbocycles. The zero-order valence-electron chi connectivity index (χ0n) is 6.79. The molecule has 0 aliphatic rings. The minimum absolute atomic E-state index is 0.106. The fourth-order valence-corrected chi connectivity index (χ4v) is 1.06. The topological polar surface area (TPSA) is 92.0 Å². The summed E-state index contributed by atoms with van der Waals surface area (Å²) in [6.45, 7) is 1.96. The third-order valence-corrected chi connectivity index (χ3v) is 1.61. The molecule has 0 unspecified atom stereocenters. The summed E-state index contributed by atoms with van der Waals surface area (Å²) in [4.78, 5) is 10.6. The maximum Gasteiger partial charge on any atom is 0.354 e. The molecule has 5 heteroatoms. The smallest absolute Gasteiger partial charge is 0.354 e. The Labute approximate surface area is 69.6 Å². The summed E-state index contributed by atoms with van der Waals surface area (Å²) in [7, 11) is 0. The molecule has 0 aliphatic heterocycles. The molecule has 12 heavy (non-hydrogen) atoms. The number of carbonyl (C=O) groups is 1. The molecule has 5 nitrogen and oxygen atoms in total. The highest BCUT2D eigenvalue weighted by atomic mass is 16.4. The summed E-state index contributed by atoms with van der Waals surface area (Å²) in [6, 6.07) is 0. The molecule has 1 aromatic heterocycles. The van der Waals surface area contributed by atoms with E-state index in [1.54, 1.807) is 0 Å². The van der Waals surface area contributed by atoms with Crippen LogP contribution in [0.5, 0.6) is 0 Å². The Morgan fingerprint density at radius 2 is 2.42 bits per heavy atom. The number of aromatic nitrogens is 2. The van der Waals surface area contributed by atoms with Gasteiger partial charge in [0.25, 0.3) is 0 Å². The van der Waals surface area contributed by atoms with Gasteiger partial charge in [0.1, 0.15) is 11.5 Å². The lowest BCUT2D eigenvalue weighted by atomic mass is 10.1. The number of H-pyrrole nitrogens is 1. The zero-order chi connectivity index (χ0) is 9.14. The average molecular weight is 169 g/mol. The van der Waals surface area contributed by atoms with Gasteiger partial charge >= 0.3 is 5.97 Å². The van der Waals surface area contributed by atoms with Crippen molar-refractivity contribution >= 4 is 11.8 Å². The molecule has 1 rings (SSSR count). The zero-order valence-corrected chi connectivity index (χ0v) is 6.79. The highest BCUT2D eigenvalue weighted by Gasteiger charge is 2.15. The van der Waals surface area contributed by atoms with Gasteiger partial charge in [-0.25, -0.2) is 4.79 Å². The minimum atomic E-state index is -1.01. The van der Waals surface area contributed by atoms with E-state index < -0.39 is 5.97 Å². The summed E-state index contributed by atoms with van der Waals surface area (Å²) in [5.74, 6) is -0.725. The Bertz CT molecular complexity index is 293. The predicted molar refractivity (Wildman–Crippen MR) is 44.0 cm³/mol. The molecule has 0 saturated heterocycles. The summed E-state index contributed by atoms with van der Waals surface area (Å²) in [5, 5.41) is 14.7. The molecule has 1 heterocycles. The predicted octanol–water partition coefficient (Wildman–Crippen LogP) is 0.643. The number of hydrogen-bond donors (Lipinski definition) is 3. The Morgan fingerprint density at radius 1 is 1.75 bits per heavy atom. The Hall–Kier alpha value is -1.52. The number of aromatic amines is 1. The molecular formula is C7H11N3O2. The standard InChI is InChI=1S/C7H11N3O2/c1-2-3-4-5(7(11)12)9-10-6(4)8/h2-3H2,1H3,(H,11,12)(H3,8,9,10). The molecular weight excluding hydrogens is 158 g/mol. The molecule has 1 aromatic rings. The van der Waals surface area contributed by atoms with Gasteiger partial charge in [0, 0.05) is 5.56 Å². The van der Waals surface area contributed by atoms with Crippen molar-refractivity contribution < 1.29 is 9.90 Å². The molecule has 0 atom stereocenters. The molecule has 0 saturated carbocycles. The second-order valence-electron chi connectivity index (χ2n) is 2.52. The fourth-order valence-electron chi connectivity index (χ4n) is 1.06. The van der Waals surface area contributed by atoms with Gasteiger partial charge in [-0.15, -0.1) is 0 Å². The number of nitrogens with two attached hydrogens (primary N) is 1. The van der Waals surface area contributed by atoms with Crippen LogP contribution in [-0.4, -0.2) is 21.3 Å². The first-order valence-corrected chi connectivity index (χ1v) is 3.72. The number of hydrogen-bond acceptors (Lipinski definition) is 3. The van der Waals surface area contributed by atoms with Crippen LogP contribution >= 0.6 is 0 Å². The molecule has 4 N–H and O–H groups in total. The van der Waals surface area contributed by atoms with Crippen LogP contribution in [0.25, 0.3) is 0 Å². The lowest BCUT2D eigenvalue weighted by Gasteiger charge is -1.96. The quantitative estimate of drug-likeness (QED) is 0.619. The van der Waals surface area contributed by atoms with Gasteiger partial charge < -0.3 is 10.8 Å². The number of carboxylic acid groups (broad SMARTS) is 1. The Balaban J connectivity index is 3.03. The number of nitrogens with zero attached hydrogens (tertiary/aromatic N) is 1. The molecule has 0 radical (unpaired) electrons. The van der Waals surface area contributed by atoms with Gasteiger partial charge in [-0.1, -0.05) is 13.3 Å². The maximum atomic E-state index is 10.6. The second-order valence-corrected chi connectivity index (χ2v) is 2.52. The Morgan fingerprint density at radius 3 is 2.92 bits per heavy atom. The maximum absolute atomic E-state index is 10.6. The van der Waals surface area contributed by atoms with Crippen molar-refractivity contribution in [1.82, 2.24) is 10.2 Å². The van der Waals surface area contributed by atoms with Gasteiger partial charge in [-0.3, -0.25) is 5.10 Å². The number of rotatable bonds is 3. The molecule has 0 spiro atoms. The number of anilines is 1. The lowest BCUT2D eigenvalue weighted by Crippen LogP contribution is -2.02. The van der Waals surface area contributed by atoms with E-state index in [2.05, 4.69) is 10.2 Å². The first kappa shape index (κ1) is 8.58. The molecule has 0 bridgehead atoms. The molecule has 0 aliphatic carbocycles. The van der Waals surface area contributed by atoms with Crippen LogP contribution in [0.4, 0.5) is 5.82 Å². The molecule has 0 fully saturated rings. The van der Waals surface area contributed by atoms with Crippen molar-refractivity contribution in [1.29, 1.82) is 0 Å². The van der Waals surface area contributed by atoms with Gasteiger partial charge in [0.15, 0.2) is 0 Å². The third-order valence-electron chi connectivity index (χ3n) is 1.61. The summed E-state index contributed by atoms with van der Waals surface area (Å²) >= 11 is 0. The van der Waals surface area contributed by atoms with E-state index in [0.29, 0.717) is 12.0 Å². The van der Waals surface area contributed by atoms with E-state index in [0.717, 1.165) is 6.42 Å². The number of nitrogens with one attached hydrogen (secondary N) is 1. The van der Waals surface area contributed by atoms with Crippen molar-refractivity contribution in [2.24, 2.45) is 0 Å². The van der Waals surface area contributed by atoms with Crippen molar-refractivity contribution in [3.8, 4) is 0 Å². The van der Waals surface area contributed by atoms with Crippen LogP contribution in [0.15, 0.2) is 0 Å². The van der Waals surface area contributed by atoms with E-state index in [9.17, 15) is 4.79 Å². The van der Waals surface area contributed by atoms with E-state index in [1.165, 1.54) is 0 Å². The van der Waals surface area contributed by atoms with Crippen LogP contribution in [0, 0.1) is 0 Å². The molecule has 0 amide bonds. The molecule has 66 valence electrons. The van der Waals surface area contributed by atoms with Crippen LogP contribution in [-0.2, 0) is 6.42 Å².